The summed E-state index contributed by atoms with van der Waals surface area (Å²) in [4.78, 5) is 39.9. The smallest absolute Gasteiger partial charge is 0.247 e. The Morgan fingerprint density at radius 2 is 1.30 bits per heavy atom. The number of nitrogens with zero attached hydrogens (tertiary/aromatic N) is 1. The van der Waals surface area contributed by atoms with E-state index in [1.54, 1.807) is 24.3 Å². The van der Waals surface area contributed by atoms with Gasteiger partial charge in [-0.25, -0.2) is 0 Å². The molecule has 3 aromatic carbocycles. The van der Waals surface area contributed by atoms with Gasteiger partial charge in [0.1, 0.15) is 21.5 Å². The summed E-state index contributed by atoms with van der Waals surface area (Å²) in [5, 5.41) is 2.81. The second-order valence-corrected chi connectivity index (χ2v) is 10.8. The zero-order valence-corrected chi connectivity index (χ0v) is 21.7. The first-order chi connectivity index (χ1) is 17.8. The number of halogens is 2. The minimum Gasteiger partial charge on any atom is -0.492 e. The highest BCUT2D eigenvalue weighted by atomic mass is 35.5. The molecule has 6 nitrogen and oxygen atoms in total. The molecule has 3 aromatic rings. The van der Waals surface area contributed by atoms with Crippen LogP contribution in [0.15, 0.2) is 72.8 Å². The number of imide groups is 1. The van der Waals surface area contributed by atoms with Gasteiger partial charge in [-0.15, -0.1) is 23.2 Å². The number of rotatable bonds is 5. The van der Waals surface area contributed by atoms with E-state index in [2.05, 4.69) is 5.32 Å². The fourth-order valence-electron chi connectivity index (χ4n) is 6.28. The number of nitrogens with one attached hydrogen (secondary N) is 1. The molecular formula is C29H24Cl2N2O4. The van der Waals surface area contributed by atoms with Crippen LogP contribution in [0.5, 0.6) is 5.75 Å². The summed E-state index contributed by atoms with van der Waals surface area (Å²) in [7, 11) is 0. The van der Waals surface area contributed by atoms with Crippen LogP contribution in [0.2, 0.25) is 0 Å². The summed E-state index contributed by atoms with van der Waals surface area (Å²) in [5.41, 5.74) is 3.34. The molecule has 1 N–H and O–H groups in total. The van der Waals surface area contributed by atoms with Crippen molar-refractivity contribution in [3.05, 3.63) is 95.1 Å². The van der Waals surface area contributed by atoms with Crippen LogP contribution >= 0.6 is 23.2 Å². The van der Waals surface area contributed by atoms with Gasteiger partial charge < -0.3 is 10.1 Å². The Morgan fingerprint density at radius 3 is 1.76 bits per heavy atom. The maximum Gasteiger partial charge on any atom is 0.247 e. The van der Waals surface area contributed by atoms with E-state index in [0.717, 1.165) is 27.2 Å². The number of carbonyl (C=O) groups is 3. The van der Waals surface area contributed by atoms with Crippen molar-refractivity contribution in [3.8, 4) is 5.75 Å². The number of ether oxygens (including phenoxy) is 1. The third-order valence-corrected chi connectivity index (χ3v) is 9.12. The van der Waals surface area contributed by atoms with E-state index in [-0.39, 0.29) is 0 Å². The lowest BCUT2D eigenvalue weighted by atomic mass is 9.54. The summed E-state index contributed by atoms with van der Waals surface area (Å²) >= 11 is 14.9. The Kier molecular flexibility index (Phi) is 5.41. The highest BCUT2D eigenvalue weighted by molar-refractivity contribution is 6.36. The molecule has 0 radical (unpaired) electrons. The molecule has 7 rings (SSSR count). The van der Waals surface area contributed by atoms with Crippen molar-refractivity contribution in [3.63, 3.8) is 0 Å². The number of likely N-dealkylation sites (tertiary alicyclic amines) is 1. The van der Waals surface area contributed by atoms with Crippen LogP contribution in [0.3, 0.4) is 0 Å². The van der Waals surface area contributed by atoms with E-state index in [4.69, 9.17) is 27.9 Å². The first kappa shape index (κ1) is 24.0. The van der Waals surface area contributed by atoms with Crippen molar-refractivity contribution in [2.75, 3.05) is 11.9 Å². The van der Waals surface area contributed by atoms with Crippen LogP contribution in [0, 0.1) is 11.8 Å². The Hall–Kier alpha value is -3.35. The van der Waals surface area contributed by atoms with Crippen LogP contribution < -0.4 is 10.1 Å². The lowest BCUT2D eigenvalue weighted by molar-refractivity contribution is -0.146. The molecule has 1 aliphatic heterocycles. The van der Waals surface area contributed by atoms with E-state index in [1.807, 2.05) is 55.5 Å². The van der Waals surface area contributed by atoms with Crippen LogP contribution in [-0.2, 0) is 24.1 Å². The molecule has 3 aliphatic carbocycles. The number of benzene rings is 3. The molecule has 0 unspecified atom stereocenters. The first-order valence-corrected chi connectivity index (χ1v) is 13.0. The van der Waals surface area contributed by atoms with Crippen molar-refractivity contribution in [1.82, 2.24) is 4.90 Å². The number of para-hydroxylation sites is 2. The molecule has 3 atom stereocenters. The monoisotopic (exact) mass is 534 g/mol. The standard InChI is InChI=1S/C29H24Cl2N2O4/c1-3-37-22-15-9-8-14-21(22)32-25(34)16(2)33-26(35)23-24(27(33)36)29(31)18-11-5-4-10-17(18)28(23,30)19-12-6-7-13-20(19)29/h4-16,23-24H,3H2,1-2H3,(H,32,34)/t16-,23-,24+,28?,29?/m0/s1. The molecule has 0 spiro atoms. The van der Waals surface area contributed by atoms with Gasteiger partial charge in [0, 0.05) is 0 Å². The van der Waals surface area contributed by atoms with Crippen LogP contribution in [0.25, 0.3) is 0 Å². The first-order valence-electron chi connectivity index (χ1n) is 12.2. The highest BCUT2D eigenvalue weighted by Crippen LogP contribution is 2.69. The summed E-state index contributed by atoms with van der Waals surface area (Å²) in [6, 6.07) is 20.8. The minimum absolute atomic E-state index is 0.422. The number of hydrogen-bond donors (Lipinski definition) is 1. The second kappa shape index (κ2) is 8.33. The minimum atomic E-state index is -1.28. The van der Waals surface area contributed by atoms with Gasteiger partial charge in [0.2, 0.25) is 17.7 Å². The molecule has 37 heavy (non-hydrogen) atoms. The van der Waals surface area contributed by atoms with E-state index in [9.17, 15) is 14.4 Å². The molecule has 4 aliphatic rings. The largest absolute Gasteiger partial charge is 0.492 e. The van der Waals surface area contributed by atoms with Crippen molar-refractivity contribution in [2.45, 2.75) is 29.6 Å². The molecule has 1 heterocycles. The van der Waals surface area contributed by atoms with Gasteiger partial charge in [0.25, 0.3) is 0 Å². The van der Waals surface area contributed by atoms with Crippen molar-refractivity contribution < 1.29 is 19.1 Å². The average molecular weight is 535 g/mol. The number of amides is 3. The van der Waals surface area contributed by atoms with E-state index in [1.165, 1.54) is 6.92 Å². The topological polar surface area (TPSA) is 75.7 Å². The average Bonchev–Trinajstić information content (AvgIpc) is 3.19. The summed E-state index contributed by atoms with van der Waals surface area (Å²) in [6.45, 7) is 3.81. The van der Waals surface area contributed by atoms with Gasteiger partial charge in [-0.2, -0.15) is 0 Å². The molecule has 3 amide bonds. The lowest BCUT2D eigenvalue weighted by Crippen LogP contribution is -2.57. The Bertz CT molecular complexity index is 1350. The quantitative estimate of drug-likeness (QED) is 0.369. The lowest BCUT2D eigenvalue weighted by Gasteiger charge is -2.54. The van der Waals surface area contributed by atoms with Gasteiger partial charge >= 0.3 is 0 Å². The molecule has 0 saturated carbocycles. The maximum absolute atomic E-state index is 14.0. The number of carbonyl (C=O) groups excluding carboxylic acids is 3. The summed E-state index contributed by atoms with van der Waals surface area (Å²) < 4.78 is 5.60. The molecule has 8 heteroatoms. The third-order valence-electron chi connectivity index (χ3n) is 7.83. The SMILES string of the molecule is CCOc1ccccc1NC(=O)[C@H](C)N1C(=O)[C@@H]2[C@H](C1=O)C1(Cl)c3ccccc3C2(Cl)c2ccccc21. The summed E-state index contributed by atoms with van der Waals surface area (Å²) in [6.07, 6.45) is 0. The fraction of sp³-hybridized carbons (Fsp3) is 0.276. The van der Waals surface area contributed by atoms with Crippen LogP contribution in [-0.4, -0.2) is 35.3 Å². The van der Waals surface area contributed by atoms with Gasteiger partial charge in [0.15, 0.2) is 0 Å². The van der Waals surface area contributed by atoms with Crippen molar-refractivity contribution >= 4 is 46.6 Å². The number of hydrogen-bond acceptors (Lipinski definition) is 4. The van der Waals surface area contributed by atoms with Gasteiger partial charge in [0.05, 0.1) is 24.1 Å². The number of alkyl halides is 2. The fourth-order valence-corrected chi connectivity index (χ4v) is 7.37. The molecule has 188 valence electrons. The third kappa shape index (κ3) is 3.03. The molecule has 1 fully saturated rings. The predicted octanol–water partition coefficient (Wildman–Crippen LogP) is 5.01. The Morgan fingerprint density at radius 1 is 0.865 bits per heavy atom. The molecule has 1 saturated heterocycles. The molecular weight excluding hydrogens is 511 g/mol. The van der Waals surface area contributed by atoms with Crippen LogP contribution in [0.1, 0.15) is 36.1 Å². The molecule has 2 bridgehead atoms. The van der Waals surface area contributed by atoms with Gasteiger partial charge in [-0.3, -0.25) is 19.3 Å². The predicted molar refractivity (Wildman–Crippen MR) is 141 cm³/mol. The number of anilines is 1. The van der Waals surface area contributed by atoms with Gasteiger partial charge in [-0.1, -0.05) is 60.7 Å². The van der Waals surface area contributed by atoms with E-state index < -0.39 is 45.3 Å². The van der Waals surface area contributed by atoms with E-state index in [0.29, 0.717) is 18.0 Å². The second-order valence-electron chi connectivity index (χ2n) is 9.61. The Labute approximate surface area is 224 Å². The van der Waals surface area contributed by atoms with Gasteiger partial charge in [-0.05, 0) is 48.2 Å². The Balaban J connectivity index is 1.42. The maximum atomic E-state index is 14.0. The van der Waals surface area contributed by atoms with Crippen molar-refractivity contribution in [1.29, 1.82) is 0 Å². The molecule has 0 aromatic heterocycles. The van der Waals surface area contributed by atoms with E-state index >= 15 is 0 Å². The van der Waals surface area contributed by atoms with Crippen molar-refractivity contribution in [2.24, 2.45) is 11.8 Å². The highest BCUT2D eigenvalue weighted by Gasteiger charge is 2.73. The summed E-state index contributed by atoms with van der Waals surface area (Å²) in [5.74, 6) is -2.91. The normalized spacial score (nSPS) is 27.8. The zero-order chi connectivity index (χ0) is 26.1. The van der Waals surface area contributed by atoms with Crippen LogP contribution in [0.4, 0.5) is 5.69 Å². The zero-order valence-electron chi connectivity index (χ0n) is 20.2.